The summed E-state index contributed by atoms with van der Waals surface area (Å²) >= 11 is 0. The summed E-state index contributed by atoms with van der Waals surface area (Å²) in [5.74, 6) is -1.38. The summed E-state index contributed by atoms with van der Waals surface area (Å²) in [6.45, 7) is 2.48. The highest BCUT2D eigenvalue weighted by Gasteiger charge is 2.13. The summed E-state index contributed by atoms with van der Waals surface area (Å²) in [6.07, 6.45) is 3.85. The number of carbonyl (C=O) groups is 2. The van der Waals surface area contributed by atoms with Crippen molar-refractivity contribution >= 4 is 18.0 Å². The van der Waals surface area contributed by atoms with Crippen LogP contribution < -0.4 is 5.32 Å². The van der Waals surface area contributed by atoms with Crippen LogP contribution >= 0.6 is 0 Å². The van der Waals surface area contributed by atoms with Gasteiger partial charge in [-0.2, -0.15) is 0 Å². The number of carbonyl (C=O) groups excluding carboxylic acids is 1. The van der Waals surface area contributed by atoms with E-state index in [-0.39, 0.29) is 17.6 Å². The summed E-state index contributed by atoms with van der Waals surface area (Å²) in [5, 5.41) is 11.4. The second kappa shape index (κ2) is 7.40. The van der Waals surface area contributed by atoms with Crippen molar-refractivity contribution in [3.05, 3.63) is 35.7 Å². The van der Waals surface area contributed by atoms with Gasteiger partial charge in [-0.3, -0.25) is 9.78 Å². The molecular formula is C14H19N3O3. The standard InChI is InChI=1S/C14H19N3O3/c1-10(17(2)3)9-16-14(20)13-11(5-4-8-15-13)6-7-12(18)19/h4-8,10H,9H2,1-3H3,(H,16,20)(H,18,19)/b7-6+. The molecule has 108 valence electrons. The normalized spacial score (nSPS) is 12.6. The number of hydrogen-bond acceptors (Lipinski definition) is 4. The van der Waals surface area contributed by atoms with Crippen LogP contribution in [0, 0.1) is 0 Å². The van der Waals surface area contributed by atoms with Crippen LogP contribution in [-0.4, -0.2) is 53.5 Å². The lowest BCUT2D eigenvalue weighted by Crippen LogP contribution is -2.38. The SMILES string of the molecule is CC(CNC(=O)c1ncccc1/C=C/C(=O)O)N(C)C. The second-order valence-corrected chi connectivity index (χ2v) is 4.64. The Balaban J connectivity index is 2.80. The fraction of sp³-hybridized carbons (Fsp3) is 0.357. The van der Waals surface area contributed by atoms with Gasteiger partial charge in [-0.05, 0) is 33.2 Å². The Kier molecular flexibility index (Phi) is 5.86. The van der Waals surface area contributed by atoms with Gasteiger partial charge in [0.05, 0.1) is 0 Å². The van der Waals surface area contributed by atoms with Crippen molar-refractivity contribution in [3.63, 3.8) is 0 Å². The molecule has 0 aliphatic rings. The van der Waals surface area contributed by atoms with Crippen LogP contribution in [0.5, 0.6) is 0 Å². The quantitative estimate of drug-likeness (QED) is 0.754. The first kappa shape index (κ1) is 15.8. The number of hydrogen-bond donors (Lipinski definition) is 2. The van der Waals surface area contributed by atoms with Gasteiger partial charge in [0.2, 0.25) is 0 Å². The first-order valence-corrected chi connectivity index (χ1v) is 6.22. The van der Waals surface area contributed by atoms with Gasteiger partial charge in [-0.25, -0.2) is 4.79 Å². The first-order valence-electron chi connectivity index (χ1n) is 6.22. The maximum Gasteiger partial charge on any atom is 0.328 e. The lowest BCUT2D eigenvalue weighted by molar-refractivity contribution is -0.131. The highest BCUT2D eigenvalue weighted by Crippen LogP contribution is 2.07. The van der Waals surface area contributed by atoms with E-state index >= 15 is 0 Å². The number of amides is 1. The fourth-order valence-corrected chi connectivity index (χ4v) is 1.41. The second-order valence-electron chi connectivity index (χ2n) is 4.64. The Hall–Kier alpha value is -2.21. The molecule has 1 aromatic heterocycles. The van der Waals surface area contributed by atoms with Crippen LogP contribution in [0.4, 0.5) is 0 Å². The monoisotopic (exact) mass is 277 g/mol. The van der Waals surface area contributed by atoms with Crippen LogP contribution in [-0.2, 0) is 4.79 Å². The molecule has 0 bridgehead atoms. The van der Waals surface area contributed by atoms with Gasteiger partial charge >= 0.3 is 5.97 Å². The maximum atomic E-state index is 12.1. The predicted octanol–water partition coefficient (Wildman–Crippen LogP) is 0.859. The van der Waals surface area contributed by atoms with Crippen molar-refractivity contribution in [1.29, 1.82) is 0 Å². The largest absolute Gasteiger partial charge is 0.478 e. The molecule has 0 fully saturated rings. The molecule has 1 unspecified atom stereocenters. The maximum absolute atomic E-state index is 12.1. The smallest absolute Gasteiger partial charge is 0.328 e. The minimum absolute atomic E-state index is 0.195. The van der Waals surface area contributed by atoms with Crippen molar-refractivity contribution in [2.45, 2.75) is 13.0 Å². The number of carboxylic acid groups (broad SMARTS) is 1. The molecule has 6 nitrogen and oxygen atoms in total. The molecule has 6 heteroatoms. The summed E-state index contributed by atoms with van der Waals surface area (Å²) in [6, 6.07) is 3.50. The lowest BCUT2D eigenvalue weighted by Gasteiger charge is -2.20. The van der Waals surface area contributed by atoms with Crippen molar-refractivity contribution in [3.8, 4) is 0 Å². The molecule has 0 spiro atoms. The molecule has 0 aromatic carbocycles. The number of aliphatic carboxylic acids is 1. The molecular weight excluding hydrogens is 258 g/mol. The Morgan fingerprint density at radius 2 is 2.20 bits per heavy atom. The van der Waals surface area contributed by atoms with Crippen LogP contribution in [0.25, 0.3) is 6.08 Å². The lowest BCUT2D eigenvalue weighted by atomic mass is 10.1. The predicted molar refractivity (Wildman–Crippen MR) is 76.4 cm³/mol. The Bertz CT molecular complexity index is 512. The van der Waals surface area contributed by atoms with E-state index in [1.54, 1.807) is 12.1 Å². The topological polar surface area (TPSA) is 82.5 Å². The molecule has 0 saturated carbocycles. The van der Waals surface area contributed by atoms with Crippen LogP contribution in [0.3, 0.4) is 0 Å². The molecule has 1 amide bonds. The highest BCUT2D eigenvalue weighted by molar-refractivity contribution is 5.97. The third-order valence-corrected chi connectivity index (χ3v) is 2.90. The number of carboxylic acids is 1. The third-order valence-electron chi connectivity index (χ3n) is 2.90. The van der Waals surface area contributed by atoms with E-state index in [0.717, 1.165) is 6.08 Å². The third kappa shape index (κ3) is 4.81. The van der Waals surface area contributed by atoms with Gasteiger partial charge < -0.3 is 15.3 Å². The van der Waals surface area contributed by atoms with Gasteiger partial charge in [0.15, 0.2) is 0 Å². The summed E-state index contributed by atoms with van der Waals surface area (Å²) < 4.78 is 0. The van der Waals surface area contributed by atoms with Crippen molar-refractivity contribution in [1.82, 2.24) is 15.2 Å². The highest BCUT2D eigenvalue weighted by atomic mass is 16.4. The Morgan fingerprint density at radius 3 is 2.80 bits per heavy atom. The molecule has 20 heavy (non-hydrogen) atoms. The van der Waals surface area contributed by atoms with Crippen LogP contribution in [0.2, 0.25) is 0 Å². The van der Waals surface area contributed by atoms with E-state index in [1.807, 2.05) is 25.9 Å². The molecule has 1 atom stereocenters. The molecule has 1 aromatic rings. The van der Waals surface area contributed by atoms with E-state index in [9.17, 15) is 9.59 Å². The molecule has 0 aliphatic carbocycles. The summed E-state index contributed by atoms with van der Waals surface area (Å²) in [7, 11) is 3.86. The van der Waals surface area contributed by atoms with Gasteiger partial charge in [0.1, 0.15) is 5.69 Å². The number of likely N-dealkylation sites (N-methyl/N-ethyl adjacent to an activating group) is 1. The number of rotatable bonds is 6. The summed E-state index contributed by atoms with van der Waals surface area (Å²) in [5.41, 5.74) is 0.695. The van der Waals surface area contributed by atoms with E-state index in [2.05, 4.69) is 10.3 Å². The van der Waals surface area contributed by atoms with E-state index < -0.39 is 5.97 Å². The van der Waals surface area contributed by atoms with Crippen LogP contribution in [0.1, 0.15) is 23.0 Å². The van der Waals surface area contributed by atoms with Gasteiger partial charge in [-0.1, -0.05) is 6.07 Å². The molecule has 0 radical (unpaired) electrons. The zero-order valence-corrected chi connectivity index (χ0v) is 11.8. The van der Waals surface area contributed by atoms with E-state index in [1.165, 1.54) is 12.3 Å². The fourth-order valence-electron chi connectivity index (χ4n) is 1.41. The van der Waals surface area contributed by atoms with E-state index in [0.29, 0.717) is 12.1 Å². The first-order chi connectivity index (χ1) is 9.41. The Labute approximate surface area is 118 Å². The van der Waals surface area contributed by atoms with Crippen molar-refractivity contribution in [2.75, 3.05) is 20.6 Å². The molecule has 0 saturated heterocycles. The molecule has 1 heterocycles. The van der Waals surface area contributed by atoms with E-state index in [4.69, 9.17) is 5.11 Å². The zero-order chi connectivity index (χ0) is 15.1. The minimum Gasteiger partial charge on any atom is -0.478 e. The Morgan fingerprint density at radius 1 is 1.50 bits per heavy atom. The van der Waals surface area contributed by atoms with Crippen LogP contribution in [0.15, 0.2) is 24.4 Å². The summed E-state index contributed by atoms with van der Waals surface area (Å²) in [4.78, 5) is 28.6. The van der Waals surface area contributed by atoms with Crippen molar-refractivity contribution in [2.24, 2.45) is 0 Å². The van der Waals surface area contributed by atoms with Gasteiger partial charge in [0.25, 0.3) is 5.91 Å². The van der Waals surface area contributed by atoms with Gasteiger partial charge in [-0.15, -0.1) is 0 Å². The molecule has 0 aliphatic heterocycles. The zero-order valence-electron chi connectivity index (χ0n) is 11.8. The minimum atomic E-state index is -1.07. The number of pyridine rings is 1. The average molecular weight is 277 g/mol. The molecule has 1 rings (SSSR count). The number of aromatic nitrogens is 1. The average Bonchev–Trinajstić information content (AvgIpc) is 2.42. The number of nitrogens with zero attached hydrogens (tertiary/aromatic N) is 2. The van der Waals surface area contributed by atoms with Crippen molar-refractivity contribution < 1.29 is 14.7 Å². The van der Waals surface area contributed by atoms with Gasteiger partial charge in [0, 0.05) is 30.4 Å². The number of nitrogens with one attached hydrogen (secondary N) is 1. The molecule has 2 N–H and O–H groups in total.